The number of anilines is 1. The van der Waals surface area contributed by atoms with Crippen LogP contribution in [0.1, 0.15) is 38.2 Å². The highest BCUT2D eigenvalue weighted by Gasteiger charge is 2.29. The maximum atomic E-state index is 11.8. The van der Waals surface area contributed by atoms with E-state index in [1.54, 1.807) is 18.2 Å². The quantitative estimate of drug-likeness (QED) is 0.660. The molecular weight excluding hydrogens is 236 g/mol. The molecule has 0 saturated heterocycles. The normalized spacial score (nSPS) is 16.6. The van der Waals surface area contributed by atoms with Crippen molar-refractivity contribution in [3.63, 3.8) is 0 Å². The van der Waals surface area contributed by atoms with E-state index in [-0.39, 0.29) is 4.90 Å². The summed E-state index contributed by atoms with van der Waals surface area (Å²) in [5, 5.41) is 0. The van der Waals surface area contributed by atoms with Crippen molar-refractivity contribution in [3.8, 4) is 0 Å². The molecule has 1 aliphatic heterocycles. The summed E-state index contributed by atoms with van der Waals surface area (Å²) in [4.78, 5) is 0.254. The van der Waals surface area contributed by atoms with Gasteiger partial charge in [0.2, 0.25) is 0 Å². The summed E-state index contributed by atoms with van der Waals surface area (Å²) >= 11 is 0. The molecule has 0 unspecified atom stereocenters. The van der Waals surface area contributed by atoms with Gasteiger partial charge < -0.3 is 5.73 Å². The summed E-state index contributed by atoms with van der Waals surface area (Å²) in [7, 11) is -3.51. The van der Waals surface area contributed by atoms with Crippen LogP contribution < -0.4 is 5.73 Å². The first kappa shape index (κ1) is 12.1. The summed E-state index contributed by atoms with van der Waals surface area (Å²) in [6.07, 6.45) is 3.78. The Morgan fingerprint density at radius 1 is 1.29 bits per heavy atom. The molecule has 1 aliphatic rings. The molecule has 17 heavy (non-hydrogen) atoms. The van der Waals surface area contributed by atoms with Gasteiger partial charge in [-0.2, -0.15) is 12.8 Å². The molecule has 0 spiro atoms. The van der Waals surface area contributed by atoms with Crippen molar-refractivity contribution < 1.29 is 8.42 Å². The van der Waals surface area contributed by atoms with Gasteiger partial charge in [0.15, 0.2) is 0 Å². The molecule has 0 radical (unpaired) electrons. The van der Waals surface area contributed by atoms with Crippen LogP contribution in [0.2, 0.25) is 0 Å². The van der Waals surface area contributed by atoms with Gasteiger partial charge in [0.25, 0.3) is 10.0 Å². The van der Waals surface area contributed by atoms with Gasteiger partial charge in [0, 0.05) is 11.3 Å². The number of hydrogen-bond acceptors (Lipinski definition) is 3. The monoisotopic (exact) mass is 252 g/mol. The molecule has 0 saturated carbocycles. The van der Waals surface area contributed by atoms with Gasteiger partial charge >= 0.3 is 0 Å². The summed E-state index contributed by atoms with van der Waals surface area (Å²) < 4.78 is 27.4. The highest BCUT2D eigenvalue weighted by molar-refractivity contribution is 7.90. The third-order valence-electron chi connectivity index (χ3n) is 2.87. The van der Waals surface area contributed by atoms with Gasteiger partial charge in [0.1, 0.15) is 4.90 Å². The minimum Gasteiger partial charge on any atom is -0.398 e. The molecule has 0 bridgehead atoms. The average molecular weight is 252 g/mol. The average Bonchev–Trinajstić information content (AvgIpc) is 2.53. The van der Waals surface area contributed by atoms with Crippen molar-refractivity contribution in [2.45, 2.75) is 37.5 Å². The summed E-state index contributed by atoms with van der Waals surface area (Å²) in [6.45, 7) is 2.11. The lowest BCUT2D eigenvalue weighted by Crippen LogP contribution is -2.03. The molecule has 4 nitrogen and oxygen atoms in total. The van der Waals surface area contributed by atoms with Gasteiger partial charge in [-0.1, -0.05) is 25.8 Å². The number of nitrogens with zero attached hydrogens (tertiary/aromatic N) is 1. The van der Waals surface area contributed by atoms with E-state index < -0.39 is 10.0 Å². The Labute approximate surface area is 102 Å². The second-order valence-electron chi connectivity index (χ2n) is 4.19. The Bertz CT molecular complexity index is 562. The molecule has 92 valence electrons. The molecule has 1 heterocycles. The van der Waals surface area contributed by atoms with Crippen molar-refractivity contribution in [2.24, 2.45) is 4.40 Å². The summed E-state index contributed by atoms with van der Waals surface area (Å²) in [5.41, 5.74) is 7.57. The summed E-state index contributed by atoms with van der Waals surface area (Å²) in [5.74, 6) is 0. The zero-order valence-electron chi connectivity index (χ0n) is 9.81. The number of unbranched alkanes of at least 4 members (excludes halogenated alkanes) is 2. The van der Waals surface area contributed by atoms with Crippen LogP contribution in [0.5, 0.6) is 0 Å². The molecule has 1 aromatic rings. The first-order valence-corrected chi connectivity index (χ1v) is 7.23. The van der Waals surface area contributed by atoms with Crippen LogP contribution in [-0.4, -0.2) is 14.1 Å². The Kier molecular flexibility index (Phi) is 3.19. The van der Waals surface area contributed by atoms with Crippen molar-refractivity contribution >= 4 is 21.4 Å². The van der Waals surface area contributed by atoms with Crippen molar-refractivity contribution in [2.75, 3.05) is 5.73 Å². The van der Waals surface area contributed by atoms with Crippen molar-refractivity contribution in [1.29, 1.82) is 0 Å². The van der Waals surface area contributed by atoms with Crippen LogP contribution in [0.4, 0.5) is 5.69 Å². The predicted octanol–water partition coefficient (Wildman–Crippen LogP) is 2.34. The van der Waals surface area contributed by atoms with Crippen LogP contribution in [0.15, 0.2) is 27.5 Å². The third kappa shape index (κ3) is 2.20. The Hall–Kier alpha value is -1.36. The standard InChI is InChI=1S/C12H16N2O2S/c1-2-3-4-7-10-12-9(13)6-5-8-11(12)17(15,16)14-10/h5-6,8H,2-4,7,13H2,1H3. The SMILES string of the molecule is CCCCCC1=NS(=O)(=O)c2cccc(N)c21. The second-order valence-corrected chi connectivity index (χ2v) is 5.76. The van der Waals surface area contributed by atoms with Gasteiger partial charge in [0.05, 0.1) is 5.71 Å². The molecule has 0 aliphatic carbocycles. The van der Waals surface area contributed by atoms with E-state index in [9.17, 15) is 8.42 Å². The Morgan fingerprint density at radius 3 is 2.76 bits per heavy atom. The first-order valence-electron chi connectivity index (χ1n) is 5.79. The fourth-order valence-corrected chi connectivity index (χ4v) is 3.34. The lowest BCUT2D eigenvalue weighted by Gasteiger charge is -2.04. The summed E-state index contributed by atoms with van der Waals surface area (Å²) in [6, 6.07) is 4.93. The first-order chi connectivity index (χ1) is 8.06. The van der Waals surface area contributed by atoms with E-state index in [4.69, 9.17) is 5.73 Å². The van der Waals surface area contributed by atoms with E-state index in [1.165, 1.54) is 0 Å². The number of rotatable bonds is 4. The number of nitrogens with two attached hydrogens (primary N) is 1. The van der Waals surface area contributed by atoms with E-state index in [0.717, 1.165) is 19.3 Å². The third-order valence-corrected chi connectivity index (χ3v) is 4.23. The number of fused-ring (bicyclic) bond motifs is 1. The minimum atomic E-state index is -3.51. The highest BCUT2D eigenvalue weighted by Crippen LogP contribution is 2.32. The van der Waals surface area contributed by atoms with Crippen LogP contribution in [-0.2, 0) is 10.0 Å². The Balaban J connectivity index is 2.38. The van der Waals surface area contributed by atoms with E-state index in [2.05, 4.69) is 11.3 Å². The molecular formula is C12H16N2O2S. The van der Waals surface area contributed by atoms with Gasteiger partial charge in [-0.3, -0.25) is 0 Å². The van der Waals surface area contributed by atoms with E-state index >= 15 is 0 Å². The maximum Gasteiger partial charge on any atom is 0.283 e. The topological polar surface area (TPSA) is 72.5 Å². The highest BCUT2D eigenvalue weighted by atomic mass is 32.2. The molecule has 0 amide bonds. The van der Waals surface area contributed by atoms with Crippen LogP contribution >= 0.6 is 0 Å². The maximum absolute atomic E-state index is 11.8. The van der Waals surface area contributed by atoms with Gasteiger partial charge in [-0.05, 0) is 25.0 Å². The number of benzene rings is 1. The lowest BCUT2D eigenvalue weighted by molar-refractivity contribution is 0.599. The van der Waals surface area contributed by atoms with Crippen molar-refractivity contribution in [3.05, 3.63) is 23.8 Å². The molecule has 2 rings (SSSR count). The number of hydrogen-bond donors (Lipinski definition) is 1. The predicted molar refractivity (Wildman–Crippen MR) is 68.7 cm³/mol. The Morgan fingerprint density at radius 2 is 2.06 bits per heavy atom. The van der Waals surface area contributed by atoms with E-state index in [1.807, 2.05) is 0 Å². The molecule has 0 aromatic heterocycles. The second kappa shape index (κ2) is 4.49. The number of nitrogen functional groups attached to an aromatic ring is 1. The molecule has 2 N–H and O–H groups in total. The molecule has 0 fully saturated rings. The van der Waals surface area contributed by atoms with Crippen molar-refractivity contribution in [1.82, 2.24) is 0 Å². The molecule has 1 aromatic carbocycles. The fourth-order valence-electron chi connectivity index (χ4n) is 2.02. The minimum absolute atomic E-state index is 0.254. The van der Waals surface area contributed by atoms with Crippen LogP contribution in [0.3, 0.4) is 0 Å². The molecule has 0 atom stereocenters. The fraction of sp³-hybridized carbons (Fsp3) is 0.417. The largest absolute Gasteiger partial charge is 0.398 e. The zero-order chi connectivity index (χ0) is 12.5. The van der Waals surface area contributed by atoms with Gasteiger partial charge in [-0.15, -0.1) is 0 Å². The smallest absolute Gasteiger partial charge is 0.283 e. The lowest BCUT2D eigenvalue weighted by atomic mass is 10.0. The van der Waals surface area contributed by atoms with Crippen LogP contribution in [0, 0.1) is 0 Å². The zero-order valence-corrected chi connectivity index (χ0v) is 10.6. The molecule has 5 heteroatoms. The van der Waals surface area contributed by atoms with E-state index in [0.29, 0.717) is 23.4 Å². The van der Waals surface area contributed by atoms with Crippen LogP contribution in [0.25, 0.3) is 0 Å². The number of sulfonamides is 1. The van der Waals surface area contributed by atoms with Gasteiger partial charge in [-0.25, -0.2) is 0 Å².